The van der Waals surface area contributed by atoms with Crippen LogP contribution in [-0.2, 0) is 25.7 Å². The molecule has 278 valence electrons. The van der Waals surface area contributed by atoms with E-state index in [0.29, 0.717) is 51.8 Å². The van der Waals surface area contributed by atoms with Crippen LogP contribution in [0.2, 0.25) is 0 Å². The van der Waals surface area contributed by atoms with Crippen molar-refractivity contribution >= 4 is 43.6 Å². The molecule has 6 rings (SSSR count). The van der Waals surface area contributed by atoms with Crippen molar-refractivity contribution in [3.8, 4) is 11.1 Å². The monoisotopic (exact) mass is 784 g/mol. The van der Waals surface area contributed by atoms with E-state index in [2.05, 4.69) is 0 Å². The number of anilines is 1. The molecule has 53 heavy (non-hydrogen) atoms. The van der Waals surface area contributed by atoms with Crippen molar-refractivity contribution in [1.82, 2.24) is 4.90 Å². The summed E-state index contributed by atoms with van der Waals surface area (Å²) in [5, 5.41) is 11.2. The third-order valence-electron chi connectivity index (χ3n) is 9.06. The summed E-state index contributed by atoms with van der Waals surface area (Å²) in [7, 11) is -9.31. The fraction of sp³-hybridized carbons (Fsp3) is 0.182. The Morgan fingerprint density at radius 1 is 0.604 bits per heavy atom. The number of amides is 3. The summed E-state index contributed by atoms with van der Waals surface area (Å²) < 4.78 is 159. The molecule has 1 unspecified atom stereocenters. The molecule has 0 bridgehead atoms. The minimum Gasteiger partial charge on any atom is -0.369 e. The highest BCUT2D eigenvalue weighted by molar-refractivity contribution is 7.86. The summed E-state index contributed by atoms with van der Waals surface area (Å²) in [6.07, 6.45) is -14.7. The molecule has 2 aliphatic heterocycles. The van der Waals surface area contributed by atoms with Crippen LogP contribution in [0.15, 0.2) is 82.6 Å². The Hall–Kier alpha value is -5.15. The highest BCUT2D eigenvalue weighted by Crippen LogP contribution is 2.57. The number of hydrogen-bond acceptors (Lipinski definition) is 8. The average molecular weight is 785 g/mol. The first-order chi connectivity index (χ1) is 24.3. The molecule has 0 saturated carbocycles. The van der Waals surface area contributed by atoms with E-state index in [1.165, 1.54) is 13.0 Å². The number of fused-ring (bicyclic) bond motifs is 2. The third kappa shape index (κ3) is 5.68. The molecule has 0 saturated heterocycles. The highest BCUT2D eigenvalue weighted by Gasteiger charge is 2.73. The highest BCUT2D eigenvalue weighted by atomic mass is 32.2. The number of aliphatic hydroxyl groups is 1. The first-order valence-corrected chi connectivity index (χ1v) is 17.7. The van der Waals surface area contributed by atoms with Gasteiger partial charge in [-0.3, -0.25) is 33.3 Å². The van der Waals surface area contributed by atoms with Crippen LogP contribution in [-0.4, -0.2) is 73.1 Å². The van der Waals surface area contributed by atoms with Gasteiger partial charge in [0.05, 0.1) is 11.1 Å². The number of nitrogens with zero attached hydrogens (tertiary/aromatic N) is 2. The Morgan fingerprint density at radius 3 is 1.62 bits per heavy atom. The molecule has 0 aromatic heterocycles. The van der Waals surface area contributed by atoms with Crippen molar-refractivity contribution in [1.29, 1.82) is 0 Å². The molecule has 4 aromatic rings. The Balaban J connectivity index is 1.51. The number of imide groups is 1. The molecular weight excluding hydrogens is 762 g/mol. The number of halogens is 6. The van der Waals surface area contributed by atoms with Gasteiger partial charge in [-0.25, -0.2) is 0 Å². The molecule has 0 spiro atoms. The van der Waals surface area contributed by atoms with Crippen molar-refractivity contribution in [3.05, 3.63) is 112 Å². The lowest BCUT2D eigenvalue weighted by atomic mass is 9.71. The van der Waals surface area contributed by atoms with Crippen LogP contribution in [0.5, 0.6) is 0 Å². The lowest BCUT2D eigenvalue weighted by molar-refractivity contribution is -0.288. The van der Waals surface area contributed by atoms with Gasteiger partial charge in [-0.15, -0.1) is 0 Å². The molecule has 3 N–H and O–H groups in total. The molecule has 1 atom stereocenters. The molecule has 0 aliphatic carbocycles. The first-order valence-electron chi connectivity index (χ1n) is 14.8. The van der Waals surface area contributed by atoms with E-state index in [1.807, 2.05) is 0 Å². The fourth-order valence-corrected chi connectivity index (χ4v) is 8.10. The van der Waals surface area contributed by atoms with E-state index in [-0.39, 0.29) is 6.07 Å². The van der Waals surface area contributed by atoms with E-state index in [9.17, 15) is 45.4 Å². The van der Waals surface area contributed by atoms with Crippen LogP contribution in [0.4, 0.5) is 32.0 Å². The predicted octanol–water partition coefficient (Wildman–Crippen LogP) is 5.44. The summed E-state index contributed by atoms with van der Waals surface area (Å²) in [5.41, 5.74) is -11.6. The summed E-state index contributed by atoms with van der Waals surface area (Å²) in [5.74, 6) is -3.33. The average Bonchev–Trinajstić information content (AvgIpc) is 3.42. The zero-order valence-electron chi connectivity index (χ0n) is 26.7. The quantitative estimate of drug-likeness (QED) is 0.129. The summed E-state index contributed by atoms with van der Waals surface area (Å²) in [4.78, 5) is 37.5. The zero-order valence-corrected chi connectivity index (χ0v) is 28.3. The summed E-state index contributed by atoms with van der Waals surface area (Å²) in [6.45, 7) is 1.45. The van der Waals surface area contributed by atoms with Gasteiger partial charge in [0.1, 0.15) is 9.79 Å². The van der Waals surface area contributed by atoms with Crippen LogP contribution in [0.3, 0.4) is 0 Å². The Labute approximate surface area is 295 Å². The second kappa shape index (κ2) is 11.9. The van der Waals surface area contributed by atoms with Gasteiger partial charge in [0, 0.05) is 35.0 Å². The van der Waals surface area contributed by atoms with Crippen LogP contribution in [0.1, 0.15) is 59.6 Å². The normalized spacial score (nSPS) is 16.7. The van der Waals surface area contributed by atoms with Crippen LogP contribution < -0.4 is 4.90 Å². The zero-order chi connectivity index (χ0) is 39.4. The van der Waals surface area contributed by atoms with Crippen molar-refractivity contribution in [2.45, 2.75) is 40.7 Å². The first kappa shape index (κ1) is 37.6. The largest absolute Gasteiger partial charge is 0.411 e. The maximum atomic E-state index is 15.0. The predicted molar refractivity (Wildman–Crippen MR) is 170 cm³/mol. The molecule has 12 nitrogen and oxygen atoms in total. The van der Waals surface area contributed by atoms with E-state index in [0.717, 1.165) is 31.3 Å². The van der Waals surface area contributed by atoms with Crippen LogP contribution in [0.25, 0.3) is 11.1 Å². The molecule has 0 fully saturated rings. The van der Waals surface area contributed by atoms with Crippen molar-refractivity contribution in [2.24, 2.45) is 0 Å². The van der Waals surface area contributed by atoms with Gasteiger partial charge >= 0.3 is 12.4 Å². The van der Waals surface area contributed by atoms with Crippen molar-refractivity contribution < 1.29 is 71.8 Å². The second-order valence-corrected chi connectivity index (χ2v) is 14.9. The maximum absolute atomic E-state index is 15.0. The second-order valence-electron chi connectivity index (χ2n) is 12.2. The van der Waals surface area contributed by atoms with E-state index in [1.54, 1.807) is 0 Å². The van der Waals surface area contributed by atoms with Gasteiger partial charge in [0.2, 0.25) is 5.41 Å². The minimum atomic E-state index is -6.18. The van der Waals surface area contributed by atoms with Gasteiger partial charge in [0.15, 0.2) is 6.23 Å². The fourth-order valence-electron chi connectivity index (χ4n) is 6.58. The number of carbonyl (C=O) groups excluding carboxylic acids is 3. The number of rotatable bonds is 6. The van der Waals surface area contributed by atoms with Gasteiger partial charge in [0.25, 0.3) is 38.0 Å². The van der Waals surface area contributed by atoms with Gasteiger partial charge in [-0.2, -0.15) is 43.2 Å². The number of alkyl halides is 6. The molecule has 20 heteroatoms. The minimum absolute atomic E-state index is 0.286. The van der Waals surface area contributed by atoms with Crippen LogP contribution in [0, 0.1) is 6.92 Å². The van der Waals surface area contributed by atoms with E-state index >= 15 is 26.3 Å². The van der Waals surface area contributed by atoms with Crippen LogP contribution >= 0.6 is 0 Å². The standard InChI is InChI=1S/C33H22F6N2O10S2/c1-15-3-7-19(25(11-15)52(46,47)48)20-10-6-18(14-26(20)53(49,50)51)41-29(44)22-9-5-17(13-24(22)30(41)45)31(32(34,35)36,33(37,38)39)16-4-8-21-23(12-16)28(43)40(2)27(21)42/h3-14,30,45H,1-2H3,(H,46,47,48)(H,49,50,51). The van der Waals surface area contributed by atoms with Gasteiger partial charge < -0.3 is 5.11 Å². The van der Waals surface area contributed by atoms with Crippen molar-refractivity contribution in [3.63, 3.8) is 0 Å². The third-order valence-corrected chi connectivity index (χ3v) is 10.8. The van der Waals surface area contributed by atoms with Gasteiger partial charge in [-0.05, 0) is 66.1 Å². The van der Waals surface area contributed by atoms with E-state index in [4.69, 9.17) is 0 Å². The molecule has 0 radical (unpaired) electrons. The Bertz CT molecular complexity index is 2500. The number of benzene rings is 4. The number of aryl methyl sites for hydroxylation is 1. The lowest BCUT2D eigenvalue weighted by Gasteiger charge is -2.38. The summed E-state index contributed by atoms with van der Waals surface area (Å²) in [6, 6.07) is 8.45. The molecule has 2 aliphatic rings. The SMILES string of the molecule is Cc1ccc(-c2ccc(N3C(=O)c4ccc(C(c5ccc6c(c5)C(=O)N(C)C6=O)(C(F)(F)F)C(F)(F)F)cc4C3O)cc2S(=O)(=O)O)c(S(=O)(=O)O)c1. The van der Waals surface area contributed by atoms with E-state index < -0.39 is 122 Å². The lowest BCUT2D eigenvalue weighted by Crippen LogP contribution is -2.55. The Kier molecular flexibility index (Phi) is 8.47. The number of carbonyl (C=O) groups is 3. The number of hydrogen-bond donors (Lipinski definition) is 3. The van der Waals surface area contributed by atoms with Crippen molar-refractivity contribution in [2.75, 3.05) is 11.9 Å². The molecule has 3 amide bonds. The van der Waals surface area contributed by atoms with Gasteiger partial charge in [-0.1, -0.05) is 30.3 Å². The summed E-state index contributed by atoms with van der Waals surface area (Å²) >= 11 is 0. The number of aliphatic hydroxyl groups excluding tert-OH is 1. The Morgan fingerprint density at radius 2 is 1.08 bits per heavy atom. The molecular formula is C33H22F6N2O10S2. The maximum Gasteiger partial charge on any atom is 0.411 e. The molecule has 4 aromatic carbocycles. The topological polar surface area (TPSA) is 187 Å². The smallest absolute Gasteiger partial charge is 0.369 e. The molecule has 2 heterocycles.